The zero-order chi connectivity index (χ0) is 19.4. The lowest BCUT2D eigenvalue weighted by atomic mass is 9.97. The van der Waals surface area contributed by atoms with Crippen LogP contribution in [0.3, 0.4) is 0 Å². The first kappa shape index (κ1) is 19.7. The van der Waals surface area contributed by atoms with Gasteiger partial charge < -0.3 is 4.74 Å². The van der Waals surface area contributed by atoms with Crippen molar-refractivity contribution in [3.8, 4) is 0 Å². The Hall–Kier alpha value is -2.06. The summed E-state index contributed by atoms with van der Waals surface area (Å²) in [5, 5.41) is 0.305. The van der Waals surface area contributed by atoms with Gasteiger partial charge in [0.15, 0.2) is 10.9 Å². The normalized spacial score (nSPS) is 18.9. The number of rotatable bonds is 7. The van der Waals surface area contributed by atoms with Crippen molar-refractivity contribution in [3.63, 3.8) is 0 Å². The number of hydrogen-bond donors (Lipinski definition) is 0. The van der Waals surface area contributed by atoms with Crippen molar-refractivity contribution >= 4 is 46.0 Å². The van der Waals surface area contributed by atoms with Crippen LogP contribution in [0.2, 0.25) is 0 Å². The molecule has 0 bridgehead atoms. The van der Waals surface area contributed by atoms with Crippen molar-refractivity contribution in [2.45, 2.75) is 37.0 Å². The van der Waals surface area contributed by atoms with E-state index in [2.05, 4.69) is 4.98 Å². The molecule has 1 saturated heterocycles. The fourth-order valence-electron chi connectivity index (χ4n) is 3.00. The zero-order valence-electron chi connectivity index (χ0n) is 15.1. The Bertz CT molecular complexity index is 906. The number of aromatic nitrogens is 2. The quantitative estimate of drug-likeness (QED) is 0.302. The van der Waals surface area contributed by atoms with Crippen LogP contribution in [0, 0.1) is 5.92 Å². The van der Waals surface area contributed by atoms with Crippen LogP contribution in [0.25, 0.3) is 5.65 Å². The lowest BCUT2D eigenvalue weighted by Gasteiger charge is -2.22. The molecule has 0 N–H and O–H groups in total. The maximum atomic E-state index is 12.3. The Morgan fingerprint density at radius 2 is 2.26 bits per heavy atom. The summed E-state index contributed by atoms with van der Waals surface area (Å²) in [6, 6.07) is 5.72. The van der Waals surface area contributed by atoms with E-state index in [1.807, 2.05) is 35.7 Å². The number of esters is 1. The monoisotopic (exact) mass is 404 g/mol. The Balaban J connectivity index is 1.97. The highest BCUT2D eigenvalue weighted by molar-refractivity contribution is 8.15. The van der Waals surface area contributed by atoms with Gasteiger partial charge >= 0.3 is 5.97 Å². The molecule has 0 aromatic carbocycles. The molecule has 0 amide bonds. The molecule has 142 valence electrons. The number of ketones is 1. The van der Waals surface area contributed by atoms with E-state index in [9.17, 15) is 14.4 Å². The molecule has 0 spiro atoms. The summed E-state index contributed by atoms with van der Waals surface area (Å²) in [5.74, 6) is -0.756. The lowest BCUT2D eigenvalue weighted by molar-refractivity contribution is -0.137. The van der Waals surface area contributed by atoms with E-state index in [1.165, 1.54) is 17.8 Å². The molecule has 3 rings (SSSR count). The number of nitrogens with zero attached hydrogens (tertiary/aromatic N) is 2. The first-order valence-corrected chi connectivity index (χ1v) is 10.4. The molecule has 2 atom stereocenters. The van der Waals surface area contributed by atoms with E-state index in [0.29, 0.717) is 6.42 Å². The molecule has 6 nitrogen and oxygen atoms in total. The number of allylic oxidation sites excluding steroid dienone is 1. The third-order valence-corrected chi connectivity index (χ3v) is 6.68. The predicted molar refractivity (Wildman–Crippen MR) is 106 cm³/mol. The average molecular weight is 405 g/mol. The van der Waals surface area contributed by atoms with Gasteiger partial charge in [-0.25, -0.2) is 9.78 Å². The van der Waals surface area contributed by atoms with Crippen molar-refractivity contribution < 1.29 is 19.1 Å². The Labute approximate surface area is 165 Å². The molecule has 8 heteroatoms. The minimum Gasteiger partial charge on any atom is -0.463 e. The van der Waals surface area contributed by atoms with Gasteiger partial charge in [-0.05, 0) is 25.5 Å². The average Bonchev–Trinajstić information content (AvgIpc) is 3.23. The summed E-state index contributed by atoms with van der Waals surface area (Å²) in [4.78, 5) is 41.2. The summed E-state index contributed by atoms with van der Waals surface area (Å²) < 4.78 is 7.00. The topological polar surface area (TPSA) is 77.7 Å². The summed E-state index contributed by atoms with van der Waals surface area (Å²) in [5.41, 5.74) is 0.796. The standard InChI is InChI=1S/C19H20N2O4S2/c1-3-12(19-13(22)10-18(24)27-19)14(11-17(23)25-4-2)26-16-7-5-6-15-20-8-9-21(15)16/h5-9,11-12,19H,3-4,10H2,1-2H3. The second-order valence-electron chi connectivity index (χ2n) is 5.99. The van der Waals surface area contributed by atoms with Crippen molar-refractivity contribution in [3.05, 3.63) is 41.6 Å². The molecule has 2 aromatic rings. The molecule has 2 unspecified atom stereocenters. The van der Waals surface area contributed by atoms with Gasteiger partial charge in [-0.3, -0.25) is 14.0 Å². The smallest absolute Gasteiger partial charge is 0.331 e. The molecule has 27 heavy (non-hydrogen) atoms. The number of imidazole rings is 1. The molecule has 1 aliphatic heterocycles. The molecule has 0 radical (unpaired) electrons. The van der Waals surface area contributed by atoms with Gasteiger partial charge in [0.25, 0.3) is 0 Å². The van der Waals surface area contributed by atoms with Crippen molar-refractivity contribution in [1.82, 2.24) is 9.38 Å². The molecule has 1 aliphatic rings. The van der Waals surface area contributed by atoms with E-state index in [1.54, 1.807) is 13.1 Å². The van der Waals surface area contributed by atoms with E-state index >= 15 is 0 Å². The number of fused-ring (bicyclic) bond motifs is 1. The number of thioether (sulfide) groups is 2. The maximum Gasteiger partial charge on any atom is 0.331 e. The van der Waals surface area contributed by atoms with Gasteiger partial charge in [0.05, 0.1) is 23.3 Å². The zero-order valence-corrected chi connectivity index (χ0v) is 16.7. The Morgan fingerprint density at radius 3 is 2.93 bits per heavy atom. The first-order chi connectivity index (χ1) is 13.0. The highest BCUT2D eigenvalue weighted by atomic mass is 32.2. The second kappa shape index (κ2) is 8.75. The number of carbonyl (C=O) groups excluding carboxylic acids is 3. The van der Waals surface area contributed by atoms with Crippen molar-refractivity contribution in [2.24, 2.45) is 5.92 Å². The van der Waals surface area contributed by atoms with Gasteiger partial charge in [-0.2, -0.15) is 0 Å². The number of pyridine rings is 1. The molecule has 1 fully saturated rings. The van der Waals surface area contributed by atoms with Gasteiger partial charge in [0, 0.05) is 29.3 Å². The van der Waals surface area contributed by atoms with Gasteiger partial charge in [-0.15, -0.1) is 0 Å². The van der Waals surface area contributed by atoms with Crippen LogP contribution in [0.1, 0.15) is 26.7 Å². The van der Waals surface area contributed by atoms with Crippen molar-refractivity contribution in [1.29, 1.82) is 0 Å². The molecule has 3 heterocycles. The van der Waals surface area contributed by atoms with Gasteiger partial charge in [0.2, 0.25) is 0 Å². The predicted octanol–water partition coefficient (Wildman–Crippen LogP) is 3.50. The van der Waals surface area contributed by atoms with Crippen LogP contribution in [-0.4, -0.2) is 38.1 Å². The molecular weight excluding hydrogens is 384 g/mol. The van der Waals surface area contributed by atoms with E-state index in [0.717, 1.165) is 27.3 Å². The summed E-state index contributed by atoms with van der Waals surface area (Å²) in [7, 11) is 0. The minimum atomic E-state index is -0.460. The van der Waals surface area contributed by atoms with Crippen LogP contribution in [0.4, 0.5) is 0 Å². The van der Waals surface area contributed by atoms with Gasteiger partial charge in [-0.1, -0.05) is 36.5 Å². The summed E-state index contributed by atoms with van der Waals surface area (Å²) in [6.07, 6.45) is 5.60. The van der Waals surface area contributed by atoms with Crippen LogP contribution < -0.4 is 0 Å². The Kier molecular flexibility index (Phi) is 6.38. The van der Waals surface area contributed by atoms with Crippen molar-refractivity contribution in [2.75, 3.05) is 6.61 Å². The Morgan fingerprint density at radius 1 is 1.44 bits per heavy atom. The van der Waals surface area contributed by atoms with Crippen LogP contribution >= 0.6 is 23.5 Å². The molecule has 2 aromatic heterocycles. The maximum absolute atomic E-state index is 12.3. The number of ether oxygens (including phenoxy) is 1. The highest BCUT2D eigenvalue weighted by Gasteiger charge is 2.39. The SMILES string of the molecule is CCOC(=O)C=C(Sc1cccc2nccn12)C(CC)C1SC(=O)CC1=O. The van der Waals surface area contributed by atoms with E-state index in [4.69, 9.17) is 4.74 Å². The molecule has 0 saturated carbocycles. The van der Waals surface area contributed by atoms with E-state index in [-0.39, 0.29) is 29.8 Å². The third-order valence-electron chi connectivity index (χ3n) is 4.23. The van der Waals surface area contributed by atoms with Crippen LogP contribution in [-0.2, 0) is 19.1 Å². The van der Waals surface area contributed by atoms with Crippen LogP contribution in [0.15, 0.2) is 46.6 Å². The number of hydrogen-bond acceptors (Lipinski definition) is 7. The third kappa shape index (κ3) is 4.44. The van der Waals surface area contributed by atoms with Gasteiger partial charge in [0.1, 0.15) is 5.65 Å². The number of Topliss-reactive ketones (excluding diaryl/α,β-unsaturated/α-hetero) is 1. The van der Waals surface area contributed by atoms with E-state index < -0.39 is 11.2 Å². The fraction of sp³-hybridized carbons (Fsp3) is 0.368. The highest BCUT2D eigenvalue weighted by Crippen LogP contribution is 2.42. The van der Waals surface area contributed by atoms with Crippen LogP contribution in [0.5, 0.6) is 0 Å². The summed E-state index contributed by atoms with van der Waals surface area (Å²) >= 11 is 2.48. The summed E-state index contributed by atoms with van der Waals surface area (Å²) in [6.45, 7) is 3.98. The first-order valence-electron chi connectivity index (χ1n) is 8.74. The fourth-order valence-corrected chi connectivity index (χ4v) is 5.56. The molecule has 0 aliphatic carbocycles. The minimum absolute atomic E-state index is 0.0414. The lowest BCUT2D eigenvalue weighted by Crippen LogP contribution is -2.23. The second-order valence-corrected chi connectivity index (χ2v) is 8.28. The molecular formula is C19H20N2O4S2. The largest absolute Gasteiger partial charge is 0.463 e. The number of carbonyl (C=O) groups is 3.